The first-order valence-electron chi connectivity index (χ1n) is 4.96. The van der Waals surface area contributed by atoms with Crippen LogP contribution in [0, 0.1) is 0 Å². The molecule has 74 valence electrons. The number of benzene rings is 1. The van der Waals surface area contributed by atoms with Crippen molar-refractivity contribution in [2.75, 3.05) is 7.11 Å². The van der Waals surface area contributed by atoms with E-state index in [1.807, 2.05) is 32.0 Å². The number of methoxy groups -OCH3 is 1. The Hall–Kier alpha value is -0.820. The van der Waals surface area contributed by atoms with Crippen molar-refractivity contribution in [3.63, 3.8) is 0 Å². The maximum atomic E-state index is 5.29. The molecule has 1 aromatic rings. The lowest BCUT2D eigenvalue weighted by Crippen LogP contribution is -1.98. The first kappa shape index (κ1) is 12.2. The Morgan fingerprint density at radius 1 is 1.15 bits per heavy atom. The molecular weight excluding hydrogens is 160 g/mol. The van der Waals surface area contributed by atoms with E-state index >= 15 is 0 Å². The predicted octanol–water partition coefficient (Wildman–Crippen LogP) is 3.81. The van der Waals surface area contributed by atoms with Gasteiger partial charge in [-0.05, 0) is 12.0 Å². The van der Waals surface area contributed by atoms with E-state index in [9.17, 15) is 0 Å². The summed E-state index contributed by atoms with van der Waals surface area (Å²) in [6.07, 6.45) is 1.29. The van der Waals surface area contributed by atoms with Gasteiger partial charge in [0.05, 0.1) is 6.10 Å². The third-order valence-electron chi connectivity index (χ3n) is 1.83. The van der Waals surface area contributed by atoms with Crippen LogP contribution < -0.4 is 0 Å². The van der Waals surface area contributed by atoms with E-state index in [-0.39, 0.29) is 6.10 Å². The van der Waals surface area contributed by atoms with Crippen molar-refractivity contribution in [3.8, 4) is 0 Å². The molecule has 1 nitrogen and oxygen atoms in total. The summed E-state index contributed by atoms with van der Waals surface area (Å²) in [5.74, 6) is 0. The van der Waals surface area contributed by atoms with Gasteiger partial charge in [-0.15, -0.1) is 0 Å². The number of ether oxygens (including phenoxy) is 1. The zero-order chi connectivity index (χ0) is 10.1. The lowest BCUT2D eigenvalue weighted by molar-refractivity contribution is 0.100. The minimum absolute atomic E-state index is 0.260. The fourth-order valence-electron chi connectivity index (χ4n) is 1.21. The van der Waals surface area contributed by atoms with Crippen molar-refractivity contribution in [3.05, 3.63) is 35.9 Å². The van der Waals surface area contributed by atoms with Crippen molar-refractivity contribution < 1.29 is 4.74 Å². The third-order valence-corrected chi connectivity index (χ3v) is 1.83. The molecule has 0 radical (unpaired) electrons. The van der Waals surface area contributed by atoms with E-state index in [2.05, 4.69) is 19.1 Å². The molecule has 0 saturated heterocycles. The number of rotatable bonds is 3. The minimum Gasteiger partial charge on any atom is -0.377 e. The van der Waals surface area contributed by atoms with Crippen LogP contribution in [-0.2, 0) is 4.74 Å². The Kier molecular flexibility index (Phi) is 7.32. The van der Waals surface area contributed by atoms with Gasteiger partial charge in [0.2, 0.25) is 0 Å². The van der Waals surface area contributed by atoms with Crippen LogP contribution in [-0.4, -0.2) is 7.11 Å². The Bertz CT molecular complexity index is 190. The molecule has 0 bridgehead atoms. The standard InChI is InChI=1S/C10H14O.C2H6/c1-3-10(11-2)9-7-5-4-6-8-9;1-2/h4-8,10H,3H2,1-2H3;1-2H3. The van der Waals surface area contributed by atoms with Crippen LogP contribution >= 0.6 is 0 Å². The Balaban J connectivity index is 0.000000671. The fraction of sp³-hybridized carbons (Fsp3) is 0.500. The average Bonchev–Trinajstić information content (AvgIpc) is 2.24. The molecule has 0 spiro atoms. The first-order valence-corrected chi connectivity index (χ1v) is 4.96. The zero-order valence-electron chi connectivity index (χ0n) is 9.08. The predicted molar refractivity (Wildman–Crippen MR) is 57.8 cm³/mol. The summed E-state index contributed by atoms with van der Waals surface area (Å²) in [6, 6.07) is 10.3. The summed E-state index contributed by atoms with van der Waals surface area (Å²) in [5, 5.41) is 0. The molecule has 0 aliphatic rings. The quantitative estimate of drug-likeness (QED) is 0.687. The molecule has 0 aliphatic heterocycles. The number of hydrogen-bond acceptors (Lipinski definition) is 1. The second kappa shape index (κ2) is 7.81. The van der Waals surface area contributed by atoms with E-state index < -0.39 is 0 Å². The van der Waals surface area contributed by atoms with Crippen LogP contribution in [0.1, 0.15) is 38.9 Å². The number of hydrogen-bond donors (Lipinski definition) is 0. The fourth-order valence-corrected chi connectivity index (χ4v) is 1.21. The molecular formula is C12H20O. The van der Waals surface area contributed by atoms with Gasteiger partial charge in [0, 0.05) is 7.11 Å². The van der Waals surface area contributed by atoms with Crippen LogP contribution in [0.3, 0.4) is 0 Å². The first-order chi connectivity index (χ1) is 6.38. The third kappa shape index (κ3) is 4.09. The molecule has 0 aromatic heterocycles. The Morgan fingerprint density at radius 3 is 2.08 bits per heavy atom. The SMILES string of the molecule is CC.CCC(OC)c1ccccc1. The van der Waals surface area contributed by atoms with Crippen LogP contribution in [0.5, 0.6) is 0 Å². The maximum Gasteiger partial charge on any atom is 0.0818 e. The summed E-state index contributed by atoms with van der Waals surface area (Å²) in [5.41, 5.74) is 1.26. The molecule has 0 amide bonds. The average molecular weight is 180 g/mol. The Labute approximate surface area is 81.7 Å². The summed E-state index contributed by atoms with van der Waals surface area (Å²) < 4.78 is 5.29. The van der Waals surface area contributed by atoms with E-state index in [4.69, 9.17) is 4.74 Å². The van der Waals surface area contributed by atoms with Crippen LogP contribution in [0.4, 0.5) is 0 Å². The highest BCUT2D eigenvalue weighted by Crippen LogP contribution is 2.18. The van der Waals surface area contributed by atoms with E-state index in [0.717, 1.165) is 6.42 Å². The molecule has 0 saturated carbocycles. The van der Waals surface area contributed by atoms with E-state index in [1.165, 1.54) is 5.56 Å². The smallest absolute Gasteiger partial charge is 0.0818 e. The molecule has 0 N–H and O–H groups in total. The van der Waals surface area contributed by atoms with E-state index in [1.54, 1.807) is 7.11 Å². The van der Waals surface area contributed by atoms with Gasteiger partial charge in [-0.2, -0.15) is 0 Å². The Morgan fingerprint density at radius 2 is 1.69 bits per heavy atom. The topological polar surface area (TPSA) is 9.23 Å². The van der Waals surface area contributed by atoms with Crippen molar-refractivity contribution in [2.45, 2.75) is 33.3 Å². The zero-order valence-corrected chi connectivity index (χ0v) is 9.08. The lowest BCUT2D eigenvalue weighted by Gasteiger charge is -2.12. The molecule has 0 aliphatic carbocycles. The summed E-state index contributed by atoms with van der Waals surface area (Å²) in [6.45, 7) is 6.13. The molecule has 1 aromatic carbocycles. The van der Waals surface area contributed by atoms with Crippen molar-refractivity contribution in [1.82, 2.24) is 0 Å². The highest BCUT2D eigenvalue weighted by atomic mass is 16.5. The van der Waals surface area contributed by atoms with Gasteiger partial charge in [-0.3, -0.25) is 0 Å². The summed E-state index contributed by atoms with van der Waals surface area (Å²) in [7, 11) is 1.75. The lowest BCUT2D eigenvalue weighted by atomic mass is 10.1. The van der Waals surface area contributed by atoms with Crippen LogP contribution in [0.15, 0.2) is 30.3 Å². The molecule has 13 heavy (non-hydrogen) atoms. The molecule has 1 rings (SSSR count). The van der Waals surface area contributed by atoms with Gasteiger partial charge in [-0.1, -0.05) is 51.1 Å². The second-order valence-corrected chi connectivity index (χ2v) is 2.54. The van der Waals surface area contributed by atoms with Crippen molar-refractivity contribution in [2.24, 2.45) is 0 Å². The van der Waals surface area contributed by atoms with Crippen molar-refractivity contribution >= 4 is 0 Å². The van der Waals surface area contributed by atoms with Crippen LogP contribution in [0.25, 0.3) is 0 Å². The largest absolute Gasteiger partial charge is 0.377 e. The van der Waals surface area contributed by atoms with Gasteiger partial charge >= 0.3 is 0 Å². The van der Waals surface area contributed by atoms with E-state index in [0.29, 0.717) is 0 Å². The highest BCUT2D eigenvalue weighted by molar-refractivity contribution is 5.17. The monoisotopic (exact) mass is 180 g/mol. The van der Waals surface area contributed by atoms with Crippen molar-refractivity contribution in [1.29, 1.82) is 0 Å². The van der Waals surface area contributed by atoms with Gasteiger partial charge in [0.25, 0.3) is 0 Å². The van der Waals surface area contributed by atoms with Gasteiger partial charge in [-0.25, -0.2) is 0 Å². The molecule has 0 heterocycles. The molecule has 1 atom stereocenters. The van der Waals surface area contributed by atoms with Gasteiger partial charge in [0.15, 0.2) is 0 Å². The summed E-state index contributed by atoms with van der Waals surface area (Å²) in [4.78, 5) is 0. The minimum atomic E-state index is 0.260. The van der Waals surface area contributed by atoms with Gasteiger partial charge < -0.3 is 4.74 Å². The second-order valence-electron chi connectivity index (χ2n) is 2.54. The van der Waals surface area contributed by atoms with Crippen LogP contribution in [0.2, 0.25) is 0 Å². The van der Waals surface area contributed by atoms with Gasteiger partial charge in [0.1, 0.15) is 0 Å². The molecule has 1 unspecified atom stereocenters. The summed E-state index contributed by atoms with van der Waals surface area (Å²) >= 11 is 0. The molecule has 0 fully saturated rings. The maximum absolute atomic E-state index is 5.29. The highest BCUT2D eigenvalue weighted by Gasteiger charge is 2.04. The normalized spacial score (nSPS) is 11.4. The molecule has 1 heteroatoms.